The first kappa shape index (κ1) is 65.8. The van der Waals surface area contributed by atoms with Crippen LogP contribution in [0.2, 0.25) is 0 Å². The van der Waals surface area contributed by atoms with Crippen LogP contribution in [-0.2, 0) is 28.6 Å². The van der Waals surface area contributed by atoms with E-state index in [4.69, 9.17) is 14.2 Å². The molecule has 8 nitrogen and oxygen atoms in total. The summed E-state index contributed by atoms with van der Waals surface area (Å²) < 4.78 is 17.4. The molecule has 0 aliphatic rings. The molecule has 0 rings (SSSR count). The van der Waals surface area contributed by atoms with Crippen LogP contribution < -0.4 is 0 Å². The molecule has 0 saturated carbocycles. The molecule has 2 unspecified atom stereocenters. The quantitative estimate of drug-likeness (QED) is 0.0281. The number of carboxylic acids is 1. The molecule has 0 spiro atoms. The van der Waals surface area contributed by atoms with Gasteiger partial charge in [-0.2, -0.15) is 0 Å². The summed E-state index contributed by atoms with van der Waals surface area (Å²) in [5.41, 5.74) is 0. The number of rotatable bonds is 51. The van der Waals surface area contributed by atoms with Crippen molar-refractivity contribution in [3.63, 3.8) is 0 Å². The molecular formula is C61H108NO7+. The van der Waals surface area contributed by atoms with Gasteiger partial charge in [0, 0.05) is 19.3 Å². The number of nitrogens with zero attached hydrogens (tertiary/aromatic N) is 1. The van der Waals surface area contributed by atoms with Crippen LogP contribution in [0.5, 0.6) is 0 Å². The Morgan fingerprint density at radius 2 is 0.812 bits per heavy atom. The van der Waals surface area contributed by atoms with Gasteiger partial charge in [-0.1, -0.05) is 234 Å². The average molecular weight is 968 g/mol. The maximum absolute atomic E-state index is 12.8. The Kier molecular flexibility index (Phi) is 48.7. The zero-order chi connectivity index (χ0) is 50.6. The smallest absolute Gasteiger partial charge is 0.362 e. The molecular weight excluding hydrogens is 859 g/mol. The summed E-state index contributed by atoms with van der Waals surface area (Å²) >= 11 is 0. The molecule has 0 aliphatic carbocycles. The van der Waals surface area contributed by atoms with E-state index >= 15 is 0 Å². The minimum Gasteiger partial charge on any atom is -0.477 e. The number of carboxylic acid groups (broad SMARTS) is 1. The third-order valence-electron chi connectivity index (χ3n) is 12.6. The van der Waals surface area contributed by atoms with E-state index in [2.05, 4.69) is 86.8 Å². The van der Waals surface area contributed by atoms with Gasteiger partial charge in [-0.05, 0) is 64.2 Å². The normalized spacial score (nSPS) is 13.3. The summed E-state index contributed by atoms with van der Waals surface area (Å²) in [5.74, 6) is -1.49. The SMILES string of the molecule is CC/C=C/C/C=C/C/C=C/C/C=C/C/C=C/C/C=C/CCCCCCC(=O)OCC(COCCC(C(=O)O)[N+](C)(C)C)OC(=O)CCCCCCCCCCCCCCCCCCCCCCCC. The van der Waals surface area contributed by atoms with Gasteiger partial charge in [0.25, 0.3) is 0 Å². The lowest BCUT2D eigenvalue weighted by Gasteiger charge is -2.31. The molecule has 0 amide bonds. The number of esters is 2. The van der Waals surface area contributed by atoms with Crippen LogP contribution in [0, 0.1) is 0 Å². The molecule has 0 aromatic carbocycles. The standard InChI is InChI=1S/C61H107NO7/c1-6-8-10-12-14-16-18-20-22-24-26-28-30-32-33-35-37-39-41-43-45-47-49-51-59(63)68-56-57(55-67-54-53-58(61(65)66)62(3,4)5)69-60(64)52-50-48-46-44-42-40-38-36-34-31-29-27-25-23-21-19-17-15-13-11-9-7-2/h8,10,14,16,20,22,26,28,32-33,37,39,57-58H,6-7,9,11-13,15,17-19,21,23-25,27,29-31,34-36,38,40-56H2,1-5H3/p+1/b10-8+,16-14+,22-20+,28-26+,33-32+,39-37+. The highest BCUT2D eigenvalue weighted by molar-refractivity contribution is 5.72. The van der Waals surface area contributed by atoms with Crippen LogP contribution in [0.4, 0.5) is 0 Å². The first-order chi connectivity index (χ1) is 33.6. The predicted molar refractivity (Wildman–Crippen MR) is 294 cm³/mol. The van der Waals surface area contributed by atoms with E-state index in [9.17, 15) is 19.5 Å². The largest absolute Gasteiger partial charge is 0.477 e. The summed E-state index contributed by atoms with van der Waals surface area (Å²) in [6.45, 7) is 4.63. The highest BCUT2D eigenvalue weighted by Crippen LogP contribution is 2.17. The number of hydrogen-bond acceptors (Lipinski definition) is 6. The Morgan fingerprint density at radius 3 is 1.20 bits per heavy atom. The number of aliphatic carboxylic acids is 1. The van der Waals surface area contributed by atoms with E-state index in [0.717, 1.165) is 89.9 Å². The number of hydrogen-bond donors (Lipinski definition) is 1. The highest BCUT2D eigenvalue weighted by atomic mass is 16.6. The molecule has 69 heavy (non-hydrogen) atoms. The lowest BCUT2D eigenvalue weighted by atomic mass is 10.0. The van der Waals surface area contributed by atoms with Crippen LogP contribution in [0.1, 0.15) is 245 Å². The number of allylic oxidation sites excluding steroid dienone is 12. The Bertz CT molecular complexity index is 1360. The van der Waals surface area contributed by atoms with Crippen molar-refractivity contribution in [2.24, 2.45) is 0 Å². The Balaban J connectivity index is 4.23. The molecule has 0 fully saturated rings. The summed E-state index contributed by atoms with van der Waals surface area (Å²) in [6.07, 6.45) is 66.8. The minimum atomic E-state index is -0.878. The molecule has 0 radical (unpaired) electrons. The van der Waals surface area contributed by atoms with Crippen LogP contribution in [0.3, 0.4) is 0 Å². The van der Waals surface area contributed by atoms with E-state index in [1.54, 1.807) is 0 Å². The van der Waals surface area contributed by atoms with Gasteiger partial charge in [-0.15, -0.1) is 0 Å². The van der Waals surface area contributed by atoms with Crippen molar-refractivity contribution >= 4 is 17.9 Å². The third-order valence-corrected chi connectivity index (χ3v) is 12.6. The fourth-order valence-electron chi connectivity index (χ4n) is 8.27. The van der Waals surface area contributed by atoms with Gasteiger partial charge in [0.15, 0.2) is 12.1 Å². The topological polar surface area (TPSA) is 99.1 Å². The highest BCUT2D eigenvalue weighted by Gasteiger charge is 2.31. The summed E-state index contributed by atoms with van der Waals surface area (Å²) in [7, 11) is 5.53. The second kappa shape index (κ2) is 51.1. The second-order valence-corrected chi connectivity index (χ2v) is 20.2. The van der Waals surface area contributed by atoms with Crippen LogP contribution >= 0.6 is 0 Å². The van der Waals surface area contributed by atoms with Crippen LogP contribution in [0.15, 0.2) is 72.9 Å². The molecule has 398 valence electrons. The van der Waals surface area contributed by atoms with Gasteiger partial charge in [0.05, 0.1) is 34.4 Å². The lowest BCUT2D eigenvalue weighted by molar-refractivity contribution is -0.887. The Hall–Kier alpha value is -3.23. The average Bonchev–Trinajstić information content (AvgIpc) is 3.31. The Labute approximate surface area is 425 Å². The van der Waals surface area contributed by atoms with Gasteiger partial charge in [-0.3, -0.25) is 9.59 Å². The summed E-state index contributed by atoms with van der Waals surface area (Å²) in [5, 5.41) is 9.68. The van der Waals surface area contributed by atoms with E-state index in [1.807, 2.05) is 21.1 Å². The molecule has 1 N–H and O–H groups in total. The van der Waals surface area contributed by atoms with Gasteiger partial charge in [0.1, 0.15) is 6.61 Å². The molecule has 2 atom stereocenters. The van der Waals surface area contributed by atoms with Gasteiger partial charge >= 0.3 is 17.9 Å². The Morgan fingerprint density at radius 1 is 0.449 bits per heavy atom. The van der Waals surface area contributed by atoms with Crippen molar-refractivity contribution in [1.29, 1.82) is 0 Å². The molecule has 0 aliphatic heterocycles. The van der Waals surface area contributed by atoms with Crippen molar-refractivity contribution < 1.29 is 38.2 Å². The van der Waals surface area contributed by atoms with Crippen LogP contribution in [-0.4, -0.2) is 80.6 Å². The van der Waals surface area contributed by atoms with E-state index in [0.29, 0.717) is 19.3 Å². The molecule has 0 bridgehead atoms. The molecule has 0 aromatic heterocycles. The third kappa shape index (κ3) is 49.5. The van der Waals surface area contributed by atoms with Crippen molar-refractivity contribution in [3.8, 4) is 0 Å². The maximum atomic E-state index is 12.8. The molecule has 8 heteroatoms. The lowest BCUT2D eigenvalue weighted by Crippen LogP contribution is -2.50. The zero-order valence-corrected chi connectivity index (χ0v) is 45.5. The predicted octanol–water partition coefficient (Wildman–Crippen LogP) is 17.0. The monoisotopic (exact) mass is 967 g/mol. The first-order valence-corrected chi connectivity index (χ1v) is 28.5. The van der Waals surface area contributed by atoms with Crippen molar-refractivity contribution in [1.82, 2.24) is 0 Å². The van der Waals surface area contributed by atoms with Crippen LogP contribution in [0.25, 0.3) is 0 Å². The second-order valence-electron chi connectivity index (χ2n) is 20.2. The molecule has 0 saturated heterocycles. The van der Waals surface area contributed by atoms with Gasteiger partial charge in [0.2, 0.25) is 0 Å². The van der Waals surface area contributed by atoms with Crippen molar-refractivity contribution in [2.45, 2.75) is 257 Å². The van der Waals surface area contributed by atoms with Gasteiger partial charge < -0.3 is 23.8 Å². The van der Waals surface area contributed by atoms with Gasteiger partial charge in [-0.25, -0.2) is 4.79 Å². The number of unbranched alkanes of at least 4 members (excludes halogenated alkanes) is 25. The summed E-state index contributed by atoms with van der Waals surface area (Å²) in [6, 6.07) is -0.622. The van der Waals surface area contributed by atoms with Crippen molar-refractivity contribution in [3.05, 3.63) is 72.9 Å². The number of ether oxygens (including phenoxy) is 3. The first-order valence-electron chi connectivity index (χ1n) is 28.5. The maximum Gasteiger partial charge on any atom is 0.362 e. The molecule has 0 heterocycles. The summed E-state index contributed by atoms with van der Waals surface area (Å²) in [4.78, 5) is 37.3. The number of quaternary nitrogens is 1. The fourth-order valence-corrected chi connectivity index (χ4v) is 8.27. The van der Waals surface area contributed by atoms with E-state index < -0.39 is 18.1 Å². The van der Waals surface area contributed by atoms with E-state index in [-0.39, 0.29) is 36.2 Å². The number of carbonyl (C=O) groups excluding carboxylic acids is 2. The number of carbonyl (C=O) groups is 3. The zero-order valence-electron chi connectivity index (χ0n) is 45.5. The minimum absolute atomic E-state index is 0.0520. The fraction of sp³-hybridized carbons (Fsp3) is 0.754. The number of likely N-dealkylation sites (N-methyl/N-ethyl adjacent to an activating group) is 1. The molecule has 0 aromatic rings. The van der Waals surface area contributed by atoms with Crippen molar-refractivity contribution in [2.75, 3.05) is 41.0 Å². The van der Waals surface area contributed by atoms with E-state index in [1.165, 1.54) is 122 Å².